The zero-order valence-electron chi connectivity index (χ0n) is 17.5. The highest BCUT2D eigenvalue weighted by molar-refractivity contribution is 7.92. The molecule has 0 radical (unpaired) electrons. The largest absolute Gasteiger partial charge is 0.497 e. The van der Waals surface area contributed by atoms with Crippen LogP contribution < -0.4 is 19.5 Å². The van der Waals surface area contributed by atoms with E-state index in [1.54, 1.807) is 55.5 Å². The maximum Gasteiger partial charge on any atom is 0.261 e. The summed E-state index contributed by atoms with van der Waals surface area (Å²) in [5.41, 5.74) is 1.80. The van der Waals surface area contributed by atoms with Gasteiger partial charge in [-0.3, -0.25) is 9.52 Å². The summed E-state index contributed by atoms with van der Waals surface area (Å²) in [6, 6.07) is 18.0. The molecule has 31 heavy (non-hydrogen) atoms. The first-order valence-electron chi connectivity index (χ1n) is 9.64. The molecule has 0 saturated carbocycles. The number of benzene rings is 3. The van der Waals surface area contributed by atoms with Gasteiger partial charge in [-0.1, -0.05) is 18.2 Å². The lowest BCUT2D eigenvalue weighted by Gasteiger charge is -2.14. The molecule has 0 aromatic heterocycles. The lowest BCUT2D eigenvalue weighted by atomic mass is 10.1. The van der Waals surface area contributed by atoms with Crippen LogP contribution in [0.15, 0.2) is 71.6 Å². The Morgan fingerprint density at radius 3 is 2.39 bits per heavy atom. The molecular formula is C23H24N2O5S. The summed E-state index contributed by atoms with van der Waals surface area (Å²) in [5, 5.41) is 2.80. The van der Waals surface area contributed by atoms with Crippen LogP contribution in [-0.2, 0) is 10.0 Å². The maximum atomic E-state index is 12.9. The number of hydrogen-bond acceptors (Lipinski definition) is 5. The van der Waals surface area contributed by atoms with E-state index in [1.165, 1.54) is 19.2 Å². The Morgan fingerprint density at radius 1 is 1.00 bits per heavy atom. The van der Waals surface area contributed by atoms with Crippen molar-refractivity contribution in [2.45, 2.75) is 18.7 Å². The average Bonchev–Trinajstić information content (AvgIpc) is 2.75. The summed E-state index contributed by atoms with van der Waals surface area (Å²) in [6.45, 7) is 4.06. The third-order valence-corrected chi connectivity index (χ3v) is 5.92. The Labute approximate surface area is 182 Å². The van der Waals surface area contributed by atoms with Crippen LogP contribution in [0.1, 0.15) is 22.8 Å². The van der Waals surface area contributed by atoms with Crippen molar-refractivity contribution in [3.05, 3.63) is 77.9 Å². The fourth-order valence-electron chi connectivity index (χ4n) is 2.93. The van der Waals surface area contributed by atoms with Crippen LogP contribution in [0.25, 0.3) is 0 Å². The predicted molar refractivity (Wildman–Crippen MR) is 121 cm³/mol. The van der Waals surface area contributed by atoms with Gasteiger partial charge in [0.15, 0.2) is 0 Å². The molecule has 0 fully saturated rings. The monoisotopic (exact) mass is 440 g/mol. The Bertz CT molecular complexity index is 1170. The quantitative estimate of drug-likeness (QED) is 0.540. The van der Waals surface area contributed by atoms with Gasteiger partial charge >= 0.3 is 0 Å². The molecule has 162 valence electrons. The van der Waals surface area contributed by atoms with Crippen molar-refractivity contribution in [2.24, 2.45) is 0 Å². The Kier molecular flexibility index (Phi) is 6.81. The van der Waals surface area contributed by atoms with Crippen molar-refractivity contribution in [3.8, 4) is 11.5 Å². The lowest BCUT2D eigenvalue weighted by Crippen LogP contribution is -2.17. The van der Waals surface area contributed by atoms with Crippen LogP contribution in [0, 0.1) is 6.92 Å². The fraction of sp³-hybridized carbons (Fsp3) is 0.174. The van der Waals surface area contributed by atoms with E-state index >= 15 is 0 Å². The number of hydrogen-bond donors (Lipinski definition) is 2. The van der Waals surface area contributed by atoms with Crippen molar-refractivity contribution in [1.82, 2.24) is 0 Å². The molecule has 3 rings (SSSR count). The normalized spacial score (nSPS) is 10.9. The number of sulfonamides is 1. The molecule has 0 atom stereocenters. The Balaban J connectivity index is 1.86. The summed E-state index contributed by atoms with van der Waals surface area (Å²) >= 11 is 0. The van der Waals surface area contributed by atoms with Gasteiger partial charge in [0.2, 0.25) is 0 Å². The number of carbonyl (C=O) groups is 1. The summed E-state index contributed by atoms with van der Waals surface area (Å²) in [6.07, 6.45) is 0. The number of rotatable bonds is 8. The molecule has 0 saturated heterocycles. The number of para-hydroxylation sites is 2. The van der Waals surface area contributed by atoms with E-state index < -0.39 is 15.9 Å². The summed E-state index contributed by atoms with van der Waals surface area (Å²) in [4.78, 5) is 12.9. The van der Waals surface area contributed by atoms with E-state index in [0.29, 0.717) is 35.0 Å². The number of amides is 1. The summed E-state index contributed by atoms with van der Waals surface area (Å²) in [5.74, 6) is 0.733. The molecule has 1 amide bonds. The second-order valence-electron chi connectivity index (χ2n) is 6.69. The summed E-state index contributed by atoms with van der Waals surface area (Å²) < 4.78 is 38.8. The zero-order chi connectivity index (χ0) is 22.4. The van der Waals surface area contributed by atoms with Crippen LogP contribution in [-0.4, -0.2) is 28.0 Å². The van der Waals surface area contributed by atoms with E-state index in [2.05, 4.69) is 10.0 Å². The lowest BCUT2D eigenvalue weighted by molar-refractivity contribution is 0.102. The number of anilines is 2. The van der Waals surface area contributed by atoms with E-state index in [4.69, 9.17) is 9.47 Å². The number of carbonyl (C=O) groups excluding carboxylic acids is 1. The topological polar surface area (TPSA) is 93.7 Å². The highest BCUT2D eigenvalue weighted by atomic mass is 32.2. The van der Waals surface area contributed by atoms with Gasteiger partial charge in [-0.2, -0.15) is 0 Å². The van der Waals surface area contributed by atoms with Gasteiger partial charge < -0.3 is 14.8 Å². The molecule has 3 aromatic carbocycles. The van der Waals surface area contributed by atoms with Crippen molar-refractivity contribution in [3.63, 3.8) is 0 Å². The molecule has 0 spiro atoms. The van der Waals surface area contributed by atoms with Gasteiger partial charge in [0, 0.05) is 11.3 Å². The highest BCUT2D eigenvalue weighted by Crippen LogP contribution is 2.26. The molecule has 0 heterocycles. The highest BCUT2D eigenvalue weighted by Gasteiger charge is 2.19. The number of aryl methyl sites for hydroxylation is 1. The first-order chi connectivity index (χ1) is 14.8. The van der Waals surface area contributed by atoms with Gasteiger partial charge in [-0.05, 0) is 67.9 Å². The van der Waals surface area contributed by atoms with E-state index in [0.717, 1.165) is 0 Å². The van der Waals surface area contributed by atoms with Crippen LogP contribution in [0.3, 0.4) is 0 Å². The van der Waals surface area contributed by atoms with Crippen molar-refractivity contribution < 1.29 is 22.7 Å². The summed E-state index contributed by atoms with van der Waals surface area (Å²) in [7, 11) is -2.36. The minimum Gasteiger partial charge on any atom is -0.497 e. The van der Waals surface area contributed by atoms with Crippen molar-refractivity contribution in [1.29, 1.82) is 0 Å². The third-order valence-electron chi connectivity index (χ3n) is 4.54. The van der Waals surface area contributed by atoms with Crippen LogP contribution in [0.5, 0.6) is 11.5 Å². The Hall–Kier alpha value is -3.52. The van der Waals surface area contributed by atoms with Crippen molar-refractivity contribution >= 4 is 27.3 Å². The van der Waals surface area contributed by atoms with Crippen LogP contribution >= 0.6 is 0 Å². The predicted octanol–water partition coefficient (Wildman–Crippen LogP) is 4.46. The molecule has 2 N–H and O–H groups in total. The van der Waals surface area contributed by atoms with Gasteiger partial charge in [0.25, 0.3) is 15.9 Å². The zero-order valence-corrected chi connectivity index (χ0v) is 18.3. The third kappa shape index (κ3) is 5.35. The molecule has 7 nitrogen and oxygen atoms in total. The van der Waals surface area contributed by atoms with E-state index in [1.807, 2.05) is 13.0 Å². The fourth-order valence-corrected chi connectivity index (χ4v) is 4.01. The average molecular weight is 441 g/mol. The maximum absolute atomic E-state index is 12.9. The molecule has 0 aliphatic carbocycles. The van der Waals surface area contributed by atoms with Gasteiger partial charge in [-0.25, -0.2) is 8.42 Å². The first-order valence-corrected chi connectivity index (χ1v) is 11.1. The van der Waals surface area contributed by atoms with Crippen LogP contribution in [0.2, 0.25) is 0 Å². The molecule has 0 aliphatic heterocycles. The second-order valence-corrected chi connectivity index (χ2v) is 8.38. The molecule has 8 heteroatoms. The Morgan fingerprint density at radius 2 is 1.71 bits per heavy atom. The van der Waals surface area contributed by atoms with E-state index in [9.17, 15) is 13.2 Å². The minimum absolute atomic E-state index is 0.0165. The smallest absolute Gasteiger partial charge is 0.261 e. The standard InChI is InChI=1S/C23H24N2O5S/c1-4-30-22-8-6-5-7-21(22)24-23(26)20-15-19(14-9-16(20)2)31(27,28)25-17-10-12-18(29-3)13-11-17/h5-15,25H,4H2,1-3H3,(H,24,26). The molecule has 0 aliphatic rings. The SMILES string of the molecule is CCOc1ccccc1NC(=O)c1cc(S(=O)(=O)Nc2ccc(OC)cc2)ccc1C. The number of ether oxygens (including phenoxy) is 2. The molecule has 0 bridgehead atoms. The second kappa shape index (κ2) is 9.53. The van der Waals surface area contributed by atoms with Gasteiger partial charge in [0.1, 0.15) is 11.5 Å². The molecular weight excluding hydrogens is 416 g/mol. The molecule has 0 unspecified atom stereocenters. The number of nitrogens with one attached hydrogen (secondary N) is 2. The number of methoxy groups -OCH3 is 1. The van der Waals surface area contributed by atoms with Crippen LogP contribution in [0.4, 0.5) is 11.4 Å². The first kappa shape index (κ1) is 22.2. The van der Waals surface area contributed by atoms with Gasteiger partial charge in [-0.15, -0.1) is 0 Å². The van der Waals surface area contributed by atoms with Gasteiger partial charge in [0.05, 0.1) is 24.3 Å². The van der Waals surface area contributed by atoms with Crippen molar-refractivity contribution in [2.75, 3.05) is 23.8 Å². The minimum atomic E-state index is -3.89. The molecule has 3 aromatic rings. The van der Waals surface area contributed by atoms with E-state index in [-0.39, 0.29) is 10.5 Å².